The summed E-state index contributed by atoms with van der Waals surface area (Å²) in [6.07, 6.45) is 0.952. The number of piperidine rings is 1. The van der Waals surface area contributed by atoms with Crippen LogP contribution >= 0.6 is 0 Å². The molecule has 0 amide bonds. The number of nitrogens with zero attached hydrogens (tertiary/aromatic N) is 1. The summed E-state index contributed by atoms with van der Waals surface area (Å²) in [6, 6.07) is 5.16. The maximum atomic E-state index is 12.5. The first-order valence-electron chi connectivity index (χ1n) is 7.17. The molecule has 2 heterocycles. The molecule has 0 unspecified atom stereocenters. The first-order chi connectivity index (χ1) is 10.4. The van der Waals surface area contributed by atoms with Crippen LogP contribution in [0.15, 0.2) is 18.2 Å². The number of fused-ring (bicyclic) bond motifs is 1. The predicted octanol–water partition coefficient (Wildman–Crippen LogP) is 0.556. The minimum Gasteiger partial charge on any atom is -0.486 e. The molecule has 0 aromatic heterocycles. The van der Waals surface area contributed by atoms with E-state index in [1.54, 1.807) is 18.2 Å². The van der Waals surface area contributed by atoms with E-state index >= 15 is 0 Å². The molecule has 0 spiro atoms. The van der Waals surface area contributed by atoms with Crippen molar-refractivity contribution in [2.45, 2.75) is 12.8 Å². The van der Waals surface area contributed by atoms with Gasteiger partial charge in [0.25, 0.3) is 10.2 Å². The molecule has 1 aromatic carbocycles. The summed E-state index contributed by atoms with van der Waals surface area (Å²) >= 11 is 0. The number of hydrogen-bond donors (Lipinski definition) is 1. The highest BCUT2D eigenvalue weighted by Gasteiger charge is 2.30. The van der Waals surface area contributed by atoms with Crippen molar-refractivity contribution in [2.75, 3.05) is 26.3 Å². The van der Waals surface area contributed by atoms with E-state index < -0.39 is 10.2 Å². The van der Waals surface area contributed by atoms with Gasteiger partial charge >= 0.3 is 0 Å². The van der Waals surface area contributed by atoms with Gasteiger partial charge in [-0.3, -0.25) is 4.79 Å². The third-order valence-electron chi connectivity index (χ3n) is 4.01. The first-order valence-corrected chi connectivity index (χ1v) is 8.67. The van der Waals surface area contributed by atoms with Crippen molar-refractivity contribution in [3.8, 4) is 11.5 Å². The zero-order chi connectivity index (χ0) is 15.7. The molecule has 3 rings (SSSR count). The lowest BCUT2D eigenvalue weighted by Crippen LogP contribution is -2.43. The Bertz CT molecular complexity index is 680. The minimum atomic E-state index is -3.67. The fraction of sp³-hybridized carbons (Fsp3) is 0.500. The lowest BCUT2D eigenvalue weighted by atomic mass is 9.89. The van der Waals surface area contributed by atoms with E-state index in [0.717, 1.165) is 0 Å². The van der Waals surface area contributed by atoms with Crippen molar-refractivity contribution in [3.05, 3.63) is 23.8 Å². The molecular weight excluding hydrogens is 308 g/mol. The summed E-state index contributed by atoms with van der Waals surface area (Å²) in [5.74, 6) is 1.04. The molecule has 0 aliphatic carbocycles. The zero-order valence-electron chi connectivity index (χ0n) is 12.0. The molecule has 22 heavy (non-hydrogen) atoms. The molecule has 2 aliphatic rings. The molecule has 2 N–H and O–H groups in total. The van der Waals surface area contributed by atoms with Crippen LogP contribution in [0.5, 0.6) is 11.5 Å². The normalized spacial score (nSPS) is 19.9. The lowest BCUT2D eigenvalue weighted by Gasteiger charge is -2.29. The van der Waals surface area contributed by atoms with Crippen molar-refractivity contribution in [1.29, 1.82) is 0 Å². The van der Waals surface area contributed by atoms with Gasteiger partial charge in [-0.1, -0.05) is 0 Å². The second kappa shape index (κ2) is 5.86. The molecular formula is C14H18N2O5S. The van der Waals surface area contributed by atoms with E-state index in [9.17, 15) is 13.2 Å². The standard InChI is InChI=1S/C14H18N2O5S/c15-22(18,19)16-5-3-10(4-6-16)14(17)11-1-2-12-13(9-11)21-8-7-20-12/h1-2,9-10H,3-8H2,(H2,15,18,19). The highest BCUT2D eigenvalue weighted by atomic mass is 32.2. The molecule has 2 aliphatic heterocycles. The number of ketones is 1. The molecule has 1 fully saturated rings. The number of hydrogen-bond acceptors (Lipinski definition) is 5. The van der Waals surface area contributed by atoms with Crippen LogP contribution < -0.4 is 14.6 Å². The van der Waals surface area contributed by atoms with Crippen LogP contribution in [0.4, 0.5) is 0 Å². The van der Waals surface area contributed by atoms with E-state index in [1.165, 1.54) is 4.31 Å². The van der Waals surface area contributed by atoms with Gasteiger partial charge in [-0.2, -0.15) is 12.7 Å². The van der Waals surface area contributed by atoms with Gasteiger partial charge in [0.15, 0.2) is 17.3 Å². The Morgan fingerprint density at radius 2 is 1.77 bits per heavy atom. The van der Waals surface area contributed by atoms with Crippen LogP contribution in [0.3, 0.4) is 0 Å². The minimum absolute atomic E-state index is 0.00560. The van der Waals surface area contributed by atoms with Gasteiger partial charge in [0.1, 0.15) is 13.2 Å². The molecule has 0 radical (unpaired) electrons. The van der Waals surface area contributed by atoms with Crippen LogP contribution in [-0.4, -0.2) is 44.8 Å². The number of Topliss-reactive ketones (excluding diaryl/α,β-unsaturated/α-hetero) is 1. The van der Waals surface area contributed by atoms with Crippen LogP contribution in [0.2, 0.25) is 0 Å². The Balaban J connectivity index is 1.70. The molecule has 0 saturated carbocycles. The lowest BCUT2D eigenvalue weighted by molar-refractivity contribution is 0.0874. The fourth-order valence-corrected chi connectivity index (χ4v) is 3.52. The van der Waals surface area contributed by atoms with Gasteiger partial charge in [-0.15, -0.1) is 0 Å². The second-order valence-corrected chi connectivity index (χ2v) is 6.99. The summed E-state index contributed by atoms with van der Waals surface area (Å²) in [4.78, 5) is 12.5. The van der Waals surface area contributed by atoms with Crippen LogP contribution in [-0.2, 0) is 10.2 Å². The third-order valence-corrected chi connectivity index (χ3v) is 5.10. The number of rotatable bonds is 3. The van der Waals surface area contributed by atoms with E-state index in [4.69, 9.17) is 14.6 Å². The van der Waals surface area contributed by atoms with Crippen molar-refractivity contribution < 1.29 is 22.7 Å². The first kappa shape index (κ1) is 15.3. The molecule has 1 saturated heterocycles. The zero-order valence-corrected chi connectivity index (χ0v) is 12.8. The van der Waals surface area contributed by atoms with Crippen LogP contribution in [0.1, 0.15) is 23.2 Å². The quantitative estimate of drug-likeness (QED) is 0.818. The summed E-state index contributed by atoms with van der Waals surface area (Å²) < 4.78 is 34.7. The van der Waals surface area contributed by atoms with Gasteiger partial charge in [-0.25, -0.2) is 5.14 Å². The SMILES string of the molecule is NS(=O)(=O)N1CCC(C(=O)c2ccc3c(c2)OCCO3)CC1. The molecule has 7 nitrogen and oxygen atoms in total. The highest BCUT2D eigenvalue weighted by molar-refractivity contribution is 7.86. The topological polar surface area (TPSA) is 98.9 Å². The predicted molar refractivity (Wildman–Crippen MR) is 79.2 cm³/mol. The average Bonchev–Trinajstić information content (AvgIpc) is 2.53. The molecule has 8 heteroatoms. The summed E-state index contributed by atoms with van der Waals surface area (Å²) in [7, 11) is -3.67. The van der Waals surface area contributed by atoms with E-state index in [0.29, 0.717) is 43.1 Å². The monoisotopic (exact) mass is 326 g/mol. The fourth-order valence-electron chi connectivity index (χ4n) is 2.80. The number of nitrogens with two attached hydrogens (primary N) is 1. The average molecular weight is 326 g/mol. The van der Waals surface area contributed by atoms with Gasteiger partial charge in [0, 0.05) is 24.6 Å². The number of carbonyl (C=O) groups is 1. The molecule has 1 aromatic rings. The van der Waals surface area contributed by atoms with Crippen molar-refractivity contribution in [1.82, 2.24) is 4.31 Å². The van der Waals surface area contributed by atoms with Crippen molar-refractivity contribution in [3.63, 3.8) is 0 Å². The van der Waals surface area contributed by atoms with Crippen LogP contribution in [0, 0.1) is 5.92 Å². The summed E-state index contributed by atoms with van der Waals surface area (Å²) in [5.41, 5.74) is 0.568. The van der Waals surface area contributed by atoms with Gasteiger partial charge in [-0.05, 0) is 31.0 Å². The molecule has 0 bridgehead atoms. The summed E-state index contributed by atoms with van der Waals surface area (Å²) in [5, 5.41) is 5.10. The van der Waals surface area contributed by atoms with Crippen molar-refractivity contribution >= 4 is 16.0 Å². The largest absolute Gasteiger partial charge is 0.486 e. The van der Waals surface area contributed by atoms with E-state index in [1.807, 2.05) is 0 Å². The number of ether oxygens (including phenoxy) is 2. The van der Waals surface area contributed by atoms with Gasteiger partial charge < -0.3 is 9.47 Å². The Labute approximate surface area is 129 Å². The number of benzene rings is 1. The Kier molecular flexibility index (Phi) is 4.07. The maximum absolute atomic E-state index is 12.5. The van der Waals surface area contributed by atoms with Gasteiger partial charge in [0.05, 0.1) is 0 Å². The van der Waals surface area contributed by atoms with E-state index in [2.05, 4.69) is 0 Å². The Hall–Kier alpha value is -1.64. The van der Waals surface area contributed by atoms with Gasteiger partial charge in [0.2, 0.25) is 0 Å². The maximum Gasteiger partial charge on any atom is 0.276 e. The molecule has 0 atom stereocenters. The third kappa shape index (κ3) is 3.08. The molecule has 120 valence electrons. The van der Waals surface area contributed by atoms with Crippen LogP contribution in [0.25, 0.3) is 0 Å². The Morgan fingerprint density at radius 3 is 2.41 bits per heavy atom. The smallest absolute Gasteiger partial charge is 0.276 e. The second-order valence-electron chi connectivity index (χ2n) is 5.44. The van der Waals surface area contributed by atoms with E-state index in [-0.39, 0.29) is 24.8 Å². The highest BCUT2D eigenvalue weighted by Crippen LogP contribution is 2.32. The number of carbonyl (C=O) groups excluding carboxylic acids is 1. The van der Waals surface area contributed by atoms with Crippen molar-refractivity contribution in [2.24, 2.45) is 11.1 Å². The Morgan fingerprint density at radius 1 is 1.14 bits per heavy atom. The summed E-state index contributed by atoms with van der Waals surface area (Å²) in [6.45, 7) is 1.53.